The Balaban J connectivity index is 0.000000235. The van der Waals surface area contributed by atoms with Crippen LogP contribution < -0.4 is 0 Å². The quantitative estimate of drug-likeness (QED) is 0.918. The van der Waals surface area contributed by atoms with Crippen molar-refractivity contribution in [2.75, 3.05) is 13.6 Å². The van der Waals surface area contributed by atoms with Crippen LogP contribution in [0, 0.1) is 0 Å². The second-order valence-corrected chi connectivity index (χ2v) is 5.04. The summed E-state index contributed by atoms with van der Waals surface area (Å²) in [4.78, 5) is 10.3. The van der Waals surface area contributed by atoms with E-state index in [1.54, 1.807) is 13.1 Å². The van der Waals surface area contributed by atoms with Gasteiger partial charge in [0.25, 0.3) is 0 Å². The number of hydrogen-bond donors (Lipinski definition) is 1. The van der Waals surface area contributed by atoms with Crippen LogP contribution in [0.25, 0.3) is 0 Å². The minimum absolute atomic E-state index is 0.284. The fourth-order valence-electron chi connectivity index (χ4n) is 1.89. The molecule has 2 heterocycles. The average Bonchev–Trinajstić information content (AvgIpc) is 2.49. The average molecular weight is 287 g/mol. The number of likely N-dealkylation sites (N-methyl/N-ethyl adjacent to an activating group) is 1. The van der Waals surface area contributed by atoms with Crippen LogP contribution in [0.3, 0.4) is 0 Å². The summed E-state index contributed by atoms with van der Waals surface area (Å²) in [7, 11) is 1.97. The summed E-state index contributed by atoms with van der Waals surface area (Å²) in [6.07, 6.45) is 4.35. The monoisotopic (exact) mass is 287 g/mol. The van der Waals surface area contributed by atoms with Crippen LogP contribution in [0.2, 0.25) is 0 Å². The smallest absolute Gasteiger partial charge is 0.0639 e. The Labute approximate surface area is 127 Å². The van der Waals surface area contributed by atoms with Gasteiger partial charge in [-0.15, -0.1) is 0 Å². The van der Waals surface area contributed by atoms with Crippen molar-refractivity contribution < 1.29 is 5.11 Å². The predicted octanol–water partition coefficient (Wildman–Crippen LogP) is 2.54. The molecule has 2 rings (SSSR count). The van der Waals surface area contributed by atoms with Gasteiger partial charge in [-0.05, 0) is 44.7 Å². The normalized spacial score (nSPS) is 11.7. The van der Waals surface area contributed by atoms with Crippen LogP contribution >= 0.6 is 0 Å². The van der Waals surface area contributed by atoms with E-state index in [-0.39, 0.29) is 6.10 Å². The number of nitrogens with zero attached hydrogens (tertiary/aromatic N) is 3. The second kappa shape index (κ2) is 10.0. The van der Waals surface area contributed by atoms with E-state index in [9.17, 15) is 0 Å². The fraction of sp³-hybridized carbons (Fsp3) is 0.412. The Morgan fingerprint density at radius 1 is 1.05 bits per heavy atom. The number of pyridine rings is 2. The molecule has 4 heteroatoms. The lowest BCUT2D eigenvalue weighted by Gasteiger charge is -2.17. The van der Waals surface area contributed by atoms with E-state index in [2.05, 4.69) is 16.9 Å². The minimum atomic E-state index is -0.284. The van der Waals surface area contributed by atoms with Crippen molar-refractivity contribution in [3.63, 3.8) is 0 Å². The Morgan fingerprint density at radius 2 is 1.62 bits per heavy atom. The number of aromatic nitrogens is 2. The molecule has 0 fully saturated rings. The molecule has 0 radical (unpaired) electrons. The van der Waals surface area contributed by atoms with E-state index in [0.717, 1.165) is 24.4 Å². The van der Waals surface area contributed by atoms with Crippen molar-refractivity contribution in [3.8, 4) is 0 Å². The third-order valence-electron chi connectivity index (χ3n) is 2.82. The molecule has 0 spiro atoms. The molecule has 0 aliphatic heterocycles. The van der Waals surface area contributed by atoms with Crippen molar-refractivity contribution in [2.24, 2.45) is 0 Å². The molecular weight excluding hydrogens is 262 g/mol. The van der Waals surface area contributed by atoms with Crippen molar-refractivity contribution in [3.05, 3.63) is 60.2 Å². The molecule has 114 valence electrons. The molecule has 0 aromatic carbocycles. The molecule has 0 saturated heterocycles. The predicted molar refractivity (Wildman–Crippen MR) is 85.9 cm³/mol. The summed E-state index contributed by atoms with van der Waals surface area (Å²) in [6.45, 7) is 5.35. The van der Waals surface area contributed by atoms with Gasteiger partial charge in [0, 0.05) is 31.2 Å². The van der Waals surface area contributed by atoms with E-state index >= 15 is 0 Å². The number of aliphatic hydroxyl groups excluding tert-OH is 1. The molecule has 0 aliphatic carbocycles. The summed E-state index contributed by atoms with van der Waals surface area (Å²) in [5, 5.41) is 9.14. The molecule has 0 bridgehead atoms. The molecule has 2 aromatic heterocycles. The van der Waals surface area contributed by atoms with Gasteiger partial charge in [0.1, 0.15) is 0 Å². The summed E-state index contributed by atoms with van der Waals surface area (Å²) < 4.78 is 0. The zero-order chi connectivity index (χ0) is 15.5. The standard InChI is InChI=1S/C10H16N2O.C7H9N/c1-9(13)7-12(2)8-10-5-3-4-6-11-10;1-2-7-5-3-4-6-8-7/h3-6,9,13H,7-8H2,1-2H3;3-6H,2H2,1H3. The number of aliphatic hydroxyl groups is 1. The molecule has 1 atom stereocenters. The first-order valence-corrected chi connectivity index (χ1v) is 7.28. The van der Waals surface area contributed by atoms with E-state index < -0.39 is 0 Å². The van der Waals surface area contributed by atoms with Crippen molar-refractivity contribution in [1.29, 1.82) is 0 Å². The first-order valence-electron chi connectivity index (χ1n) is 7.28. The van der Waals surface area contributed by atoms with Crippen LogP contribution in [0.4, 0.5) is 0 Å². The summed E-state index contributed by atoms with van der Waals surface area (Å²) >= 11 is 0. The Kier molecular flexibility index (Phi) is 8.24. The lowest BCUT2D eigenvalue weighted by atomic mass is 10.3. The Hall–Kier alpha value is -1.78. The number of aryl methyl sites for hydroxylation is 1. The minimum Gasteiger partial charge on any atom is -0.392 e. The second-order valence-electron chi connectivity index (χ2n) is 5.04. The summed E-state index contributed by atoms with van der Waals surface area (Å²) in [5.41, 5.74) is 2.19. The summed E-state index contributed by atoms with van der Waals surface area (Å²) in [5.74, 6) is 0. The van der Waals surface area contributed by atoms with Gasteiger partial charge in [0.05, 0.1) is 11.8 Å². The van der Waals surface area contributed by atoms with Gasteiger partial charge < -0.3 is 5.11 Å². The SMILES string of the molecule is CC(O)CN(C)Cc1ccccn1.CCc1ccccn1. The first kappa shape index (κ1) is 17.3. The molecule has 0 aliphatic rings. The highest BCUT2D eigenvalue weighted by Crippen LogP contribution is 1.99. The molecule has 21 heavy (non-hydrogen) atoms. The maximum absolute atomic E-state index is 9.14. The summed E-state index contributed by atoms with van der Waals surface area (Å²) in [6, 6.07) is 11.8. The molecule has 1 unspecified atom stereocenters. The van der Waals surface area contributed by atoms with E-state index in [0.29, 0.717) is 6.54 Å². The first-order chi connectivity index (χ1) is 10.1. The Morgan fingerprint density at radius 3 is 2.00 bits per heavy atom. The number of hydrogen-bond acceptors (Lipinski definition) is 4. The highest BCUT2D eigenvalue weighted by atomic mass is 16.3. The molecule has 2 aromatic rings. The maximum atomic E-state index is 9.14. The van der Waals surface area contributed by atoms with Crippen LogP contribution in [0.1, 0.15) is 25.2 Å². The fourth-order valence-corrected chi connectivity index (χ4v) is 1.89. The van der Waals surface area contributed by atoms with Crippen molar-refractivity contribution in [1.82, 2.24) is 14.9 Å². The van der Waals surface area contributed by atoms with Crippen molar-refractivity contribution in [2.45, 2.75) is 32.9 Å². The van der Waals surface area contributed by atoms with Gasteiger partial charge in [0.15, 0.2) is 0 Å². The lowest BCUT2D eigenvalue weighted by molar-refractivity contribution is 0.138. The van der Waals surface area contributed by atoms with Gasteiger partial charge in [-0.1, -0.05) is 19.1 Å². The van der Waals surface area contributed by atoms with Crippen LogP contribution in [0.15, 0.2) is 48.8 Å². The third-order valence-corrected chi connectivity index (χ3v) is 2.82. The molecule has 0 amide bonds. The van der Waals surface area contributed by atoms with E-state index in [1.807, 2.05) is 54.5 Å². The van der Waals surface area contributed by atoms with Crippen LogP contribution in [-0.2, 0) is 13.0 Å². The zero-order valence-electron chi connectivity index (χ0n) is 13.1. The van der Waals surface area contributed by atoms with Gasteiger partial charge in [-0.3, -0.25) is 14.9 Å². The largest absolute Gasteiger partial charge is 0.392 e. The molecule has 4 nitrogen and oxygen atoms in total. The van der Waals surface area contributed by atoms with Gasteiger partial charge in [-0.2, -0.15) is 0 Å². The van der Waals surface area contributed by atoms with Gasteiger partial charge in [-0.25, -0.2) is 0 Å². The number of rotatable bonds is 5. The highest BCUT2D eigenvalue weighted by molar-refractivity contribution is 5.03. The zero-order valence-corrected chi connectivity index (χ0v) is 13.1. The van der Waals surface area contributed by atoms with E-state index in [1.165, 1.54) is 0 Å². The molecular formula is C17H25N3O. The topological polar surface area (TPSA) is 49.2 Å². The lowest BCUT2D eigenvalue weighted by Crippen LogP contribution is -2.27. The molecule has 1 N–H and O–H groups in total. The van der Waals surface area contributed by atoms with Crippen molar-refractivity contribution >= 4 is 0 Å². The van der Waals surface area contributed by atoms with Crippen LogP contribution in [0.5, 0.6) is 0 Å². The van der Waals surface area contributed by atoms with E-state index in [4.69, 9.17) is 5.11 Å². The van der Waals surface area contributed by atoms with Crippen LogP contribution in [-0.4, -0.2) is 39.7 Å². The highest BCUT2D eigenvalue weighted by Gasteiger charge is 2.03. The maximum Gasteiger partial charge on any atom is 0.0639 e. The third kappa shape index (κ3) is 8.17. The van der Waals surface area contributed by atoms with Gasteiger partial charge >= 0.3 is 0 Å². The Bertz CT molecular complexity index is 474. The molecule has 0 saturated carbocycles. The van der Waals surface area contributed by atoms with Gasteiger partial charge in [0.2, 0.25) is 0 Å².